The Bertz CT molecular complexity index is 937. The summed E-state index contributed by atoms with van der Waals surface area (Å²) < 4.78 is 13.2. The Morgan fingerprint density at radius 2 is 2.00 bits per heavy atom. The van der Waals surface area contributed by atoms with Gasteiger partial charge in [-0.15, -0.1) is 0 Å². The fraction of sp³-hybridized carbons (Fsp3) is 0.885. The molecule has 6 atom stereocenters. The maximum atomic E-state index is 13.6. The van der Waals surface area contributed by atoms with Gasteiger partial charge in [-0.1, -0.05) is 33.1 Å². The van der Waals surface area contributed by atoms with Gasteiger partial charge in [0, 0.05) is 25.3 Å². The first kappa shape index (κ1) is 31.7. The number of aliphatic imine (C=N–C) groups is 1. The number of carbonyl (C=O) groups is 2. The van der Waals surface area contributed by atoms with Crippen LogP contribution in [0, 0.1) is 39.2 Å². The van der Waals surface area contributed by atoms with Crippen molar-refractivity contribution in [3.8, 4) is 0 Å². The summed E-state index contributed by atoms with van der Waals surface area (Å²) in [6.45, 7) is 11.2. The van der Waals surface area contributed by atoms with Crippen LogP contribution >= 0.6 is 11.8 Å². The van der Waals surface area contributed by atoms with Crippen molar-refractivity contribution in [2.24, 2.45) is 39.8 Å². The predicted molar refractivity (Wildman–Crippen MR) is 153 cm³/mol. The van der Waals surface area contributed by atoms with E-state index in [1.807, 2.05) is 6.26 Å². The molecule has 4 rings (SSSR count). The van der Waals surface area contributed by atoms with Gasteiger partial charge in [-0.2, -0.15) is 11.8 Å². The third-order valence-electron chi connectivity index (χ3n) is 8.98. The summed E-state index contributed by atoms with van der Waals surface area (Å²) in [6, 6.07) is 0. The third-order valence-corrected chi connectivity index (χ3v) is 9.59. The number of hydrogen-bond acceptors (Lipinski definition) is 8. The molecule has 4 fully saturated rings. The number of nitrogens with two attached hydrogens (primary N) is 1. The molecule has 4 N–H and O–H groups in total. The number of Topliss-reactive ketones (excluding diaryl/α,β-unsaturated/α-hetero) is 1. The number of hydrogen-bond donors (Lipinski definition) is 3. The van der Waals surface area contributed by atoms with Crippen LogP contribution in [0.1, 0.15) is 79.6 Å². The Morgan fingerprint density at radius 3 is 2.62 bits per heavy atom. The van der Waals surface area contributed by atoms with E-state index in [4.69, 9.17) is 15.0 Å². The number of ketones is 1. The largest absolute Gasteiger partial charge is 0.481 e. The standard InChI is InChI=1S/C26H46BN5O6S/c1-16(2)12-22(27-37-21-15-18-14-20(25(18,3)4)26(21,5)38-27)30-23(34)17(13-19(33)9-11-39-6)8-7-10-29-24(28)31-32(35)36/h16-18,20-22H,7-15H2,1-6H3,(H,30,34)(H3,28,29,31)/t17-,18-,20-,21-,22+,26+/m1/s1. The van der Waals surface area contributed by atoms with Gasteiger partial charge in [-0.3, -0.25) is 9.59 Å². The molecule has 0 aromatic rings. The van der Waals surface area contributed by atoms with Gasteiger partial charge in [0.25, 0.3) is 5.96 Å². The fourth-order valence-corrected chi connectivity index (χ4v) is 7.13. The SMILES string of the molecule is CSCCC(=O)C[C@@H](CCCN=C(N)N[N+](=O)[O-])C(=O)N[C@@H](CC(C)C)B1O[C@@H]2C[C@H]3C[C@H](C3(C)C)[C@]2(C)O1. The van der Waals surface area contributed by atoms with Crippen molar-refractivity contribution in [3.63, 3.8) is 0 Å². The summed E-state index contributed by atoms with van der Waals surface area (Å²) in [7, 11) is -0.535. The van der Waals surface area contributed by atoms with Gasteiger partial charge in [0.05, 0.1) is 17.6 Å². The van der Waals surface area contributed by atoms with E-state index in [2.05, 4.69) is 44.9 Å². The topological polar surface area (TPSA) is 158 Å². The molecule has 3 saturated carbocycles. The number of nitro groups is 1. The van der Waals surface area contributed by atoms with E-state index in [0.717, 1.165) is 12.8 Å². The second-order valence-corrected chi connectivity index (χ2v) is 13.5. The first-order valence-electron chi connectivity index (χ1n) is 14.1. The normalized spacial score (nSPS) is 28.8. The molecule has 1 saturated heterocycles. The Balaban J connectivity index is 1.68. The molecule has 1 aliphatic heterocycles. The number of rotatable bonds is 15. The van der Waals surface area contributed by atoms with Crippen LogP contribution in [-0.2, 0) is 18.9 Å². The zero-order chi connectivity index (χ0) is 29.0. The average molecular weight is 568 g/mol. The van der Waals surface area contributed by atoms with Gasteiger partial charge in [0.15, 0.2) is 5.03 Å². The highest BCUT2D eigenvalue weighted by Crippen LogP contribution is 2.65. The molecule has 0 spiro atoms. The highest BCUT2D eigenvalue weighted by atomic mass is 32.2. The minimum Gasteiger partial charge on any atom is -0.404 e. The van der Waals surface area contributed by atoms with Crippen LogP contribution in [0.2, 0.25) is 0 Å². The maximum absolute atomic E-state index is 13.6. The lowest BCUT2D eigenvalue weighted by molar-refractivity contribution is -0.525. The van der Waals surface area contributed by atoms with Gasteiger partial charge >= 0.3 is 7.12 Å². The summed E-state index contributed by atoms with van der Waals surface area (Å²) in [6.07, 6.45) is 6.19. The zero-order valence-corrected chi connectivity index (χ0v) is 25.1. The third kappa shape index (κ3) is 7.67. The van der Waals surface area contributed by atoms with Crippen LogP contribution < -0.4 is 16.5 Å². The van der Waals surface area contributed by atoms with Crippen molar-refractivity contribution in [1.29, 1.82) is 0 Å². The number of hydrazine groups is 1. The van der Waals surface area contributed by atoms with E-state index in [1.54, 1.807) is 17.2 Å². The lowest BCUT2D eigenvalue weighted by atomic mass is 9.43. The summed E-state index contributed by atoms with van der Waals surface area (Å²) in [5.74, 6) is 0.744. The molecule has 2 bridgehead atoms. The molecular formula is C26H46BN5O6S. The van der Waals surface area contributed by atoms with E-state index in [1.165, 1.54) is 0 Å². The Hall–Kier alpha value is -1.86. The molecule has 4 aliphatic rings. The molecule has 0 aromatic carbocycles. The number of nitrogens with one attached hydrogen (secondary N) is 2. The van der Waals surface area contributed by atoms with E-state index < -0.39 is 18.1 Å². The van der Waals surface area contributed by atoms with Crippen molar-refractivity contribution in [1.82, 2.24) is 10.7 Å². The molecule has 220 valence electrons. The van der Waals surface area contributed by atoms with E-state index in [0.29, 0.717) is 49.2 Å². The van der Waals surface area contributed by atoms with Crippen LogP contribution in [0.15, 0.2) is 4.99 Å². The molecule has 0 unspecified atom stereocenters. The van der Waals surface area contributed by atoms with Gasteiger partial charge in [-0.05, 0) is 74.2 Å². The van der Waals surface area contributed by atoms with Gasteiger partial charge < -0.3 is 20.4 Å². The zero-order valence-electron chi connectivity index (χ0n) is 24.2. The van der Waals surface area contributed by atoms with E-state index in [-0.39, 0.29) is 53.7 Å². The smallest absolute Gasteiger partial charge is 0.404 e. The number of carbonyl (C=O) groups excluding carboxylic acids is 2. The summed E-state index contributed by atoms with van der Waals surface area (Å²) in [5, 5.41) is 12.9. The molecule has 13 heteroatoms. The van der Waals surface area contributed by atoms with Crippen LogP contribution in [0.25, 0.3) is 0 Å². The molecule has 3 aliphatic carbocycles. The first-order chi connectivity index (χ1) is 18.3. The van der Waals surface area contributed by atoms with Gasteiger partial charge in [0.2, 0.25) is 5.91 Å². The monoisotopic (exact) mass is 567 g/mol. The Morgan fingerprint density at radius 1 is 1.28 bits per heavy atom. The summed E-state index contributed by atoms with van der Waals surface area (Å²) >= 11 is 1.59. The van der Waals surface area contributed by atoms with E-state index in [9.17, 15) is 19.7 Å². The second kappa shape index (κ2) is 13.2. The Kier molecular flexibility index (Phi) is 10.7. The highest BCUT2D eigenvalue weighted by Gasteiger charge is 2.68. The highest BCUT2D eigenvalue weighted by molar-refractivity contribution is 7.98. The van der Waals surface area contributed by atoms with Crippen LogP contribution in [0.5, 0.6) is 0 Å². The van der Waals surface area contributed by atoms with Crippen molar-refractivity contribution in [3.05, 3.63) is 10.1 Å². The lowest BCUT2D eigenvalue weighted by Crippen LogP contribution is -2.65. The molecule has 11 nitrogen and oxygen atoms in total. The number of nitrogens with zero attached hydrogens (tertiary/aromatic N) is 2. The number of guanidine groups is 1. The molecule has 39 heavy (non-hydrogen) atoms. The van der Waals surface area contributed by atoms with Crippen molar-refractivity contribution >= 4 is 36.5 Å². The molecule has 1 amide bonds. The first-order valence-corrected chi connectivity index (χ1v) is 15.5. The van der Waals surface area contributed by atoms with Crippen LogP contribution in [0.4, 0.5) is 0 Å². The summed E-state index contributed by atoms with van der Waals surface area (Å²) in [5.41, 5.74) is 7.16. The maximum Gasteiger partial charge on any atom is 0.481 e. The van der Waals surface area contributed by atoms with Crippen LogP contribution in [-0.4, -0.2) is 66.0 Å². The quantitative estimate of drug-likeness (QED) is 0.0675. The van der Waals surface area contributed by atoms with Gasteiger partial charge in [-0.25, -0.2) is 15.1 Å². The fourth-order valence-electron chi connectivity index (χ4n) is 6.70. The second-order valence-electron chi connectivity index (χ2n) is 12.5. The van der Waals surface area contributed by atoms with Crippen molar-refractivity contribution in [2.75, 3.05) is 18.6 Å². The molecule has 0 radical (unpaired) electrons. The van der Waals surface area contributed by atoms with Gasteiger partial charge in [0.1, 0.15) is 5.78 Å². The summed E-state index contributed by atoms with van der Waals surface area (Å²) in [4.78, 5) is 40.7. The van der Waals surface area contributed by atoms with Crippen molar-refractivity contribution < 1.29 is 23.9 Å². The predicted octanol–water partition coefficient (Wildman–Crippen LogP) is 2.99. The average Bonchev–Trinajstić information content (AvgIpc) is 3.20. The number of thioether (sulfide) groups is 1. The number of amides is 1. The molecule has 0 aromatic heterocycles. The van der Waals surface area contributed by atoms with E-state index >= 15 is 0 Å². The molecular weight excluding hydrogens is 521 g/mol. The minimum absolute atomic E-state index is 0.0193. The Labute approximate surface area is 236 Å². The lowest BCUT2D eigenvalue weighted by Gasteiger charge is -2.64. The van der Waals surface area contributed by atoms with Crippen molar-refractivity contribution in [2.45, 2.75) is 97.2 Å². The molecule has 1 heterocycles. The van der Waals surface area contributed by atoms with Crippen LogP contribution in [0.3, 0.4) is 0 Å². The minimum atomic E-state index is -0.775.